The molecule has 2 N–H and O–H groups in total. The summed E-state index contributed by atoms with van der Waals surface area (Å²) in [6.45, 7) is 2.74. The number of likely N-dealkylation sites (N-methyl/N-ethyl adjacent to an activating group) is 1. The molecule has 3 heterocycles. The van der Waals surface area contributed by atoms with Crippen LogP contribution < -0.4 is 10.5 Å². The topological polar surface area (TPSA) is 93.8 Å². The summed E-state index contributed by atoms with van der Waals surface area (Å²) < 4.78 is 11.3. The highest BCUT2D eigenvalue weighted by atomic mass is 16.6. The molecule has 1 saturated heterocycles. The molecule has 154 valence electrons. The smallest absolute Gasteiger partial charge is 0.410 e. The van der Waals surface area contributed by atoms with E-state index in [4.69, 9.17) is 15.2 Å². The van der Waals surface area contributed by atoms with Crippen LogP contribution in [0.2, 0.25) is 0 Å². The van der Waals surface area contributed by atoms with Crippen molar-refractivity contribution in [2.24, 2.45) is 0 Å². The maximum Gasteiger partial charge on any atom is 0.410 e. The van der Waals surface area contributed by atoms with Gasteiger partial charge in [-0.1, -0.05) is 30.3 Å². The first kappa shape index (κ1) is 19.4. The van der Waals surface area contributed by atoms with Gasteiger partial charge in [-0.3, -0.25) is 0 Å². The van der Waals surface area contributed by atoms with E-state index in [1.54, 1.807) is 4.90 Å². The van der Waals surface area contributed by atoms with Crippen LogP contribution in [0.5, 0.6) is 6.01 Å². The highest BCUT2D eigenvalue weighted by Crippen LogP contribution is 2.25. The fourth-order valence-electron chi connectivity index (χ4n) is 3.83. The van der Waals surface area contributed by atoms with Gasteiger partial charge in [-0.25, -0.2) is 4.79 Å². The number of hydrogen-bond acceptors (Lipinski definition) is 7. The Kier molecular flexibility index (Phi) is 5.80. The number of fused-ring (bicyclic) bond motifs is 1. The molecule has 1 aromatic carbocycles. The number of anilines is 1. The Balaban J connectivity index is 1.38. The number of aromatic nitrogens is 2. The second-order valence-corrected chi connectivity index (χ2v) is 7.62. The summed E-state index contributed by atoms with van der Waals surface area (Å²) in [5, 5.41) is 0. The first-order valence-electron chi connectivity index (χ1n) is 10.0. The van der Waals surface area contributed by atoms with Crippen molar-refractivity contribution in [3.8, 4) is 6.01 Å². The Morgan fingerprint density at radius 3 is 2.83 bits per heavy atom. The molecule has 2 aliphatic heterocycles. The molecule has 29 heavy (non-hydrogen) atoms. The van der Waals surface area contributed by atoms with Gasteiger partial charge < -0.3 is 25.0 Å². The van der Waals surface area contributed by atoms with Crippen molar-refractivity contribution in [3.05, 3.63) is 47.2 Å². The number of carbonyl (C=O) groups is 1. The number of ether oxygens (including phenoxy) is 2. The van der Waals surface area contributed by atoms with Crippen LogP contribution in [0.1, 0.15) is 29.7 Å². The van der Waals surface area contributed by atoms with E-state index in [1.807, 2.05) is 30.3 Å². The summed E-state index contributed by atoms with van der Waals surface area (Å²) in [5.41, 5.74) is 8.71. The lowest BCUT2D eigenvalue weighted by Crippen LogP contribution is -2.37. The first-order chi connectivity index (χ1) is 14.1. The van der Waals surface area contributed by atoms with Gasteiger partial charge in [0.25, 0.3) is 0 Å². The lowest BCUT2D eigenvalue weighted by atomic mass is 10.1. The van der Waals surface area contributed by atoms with Crippen molar-refractivity contribution in [1.29, 1.82) is 0 Å². The molecule has 1 fully saturated rings. The SMILES string of the molecule is CN1CCC[C@@H]1COc1nc(N)c2c(n1)CN(C(=O)OCc1ccccc1)CC2. The van der Waals surface area contributed by atoms with E-state index in [2.05, 4.69) is 21.9 Å². The van der Waals surface area contributed by atoms with Crippen molar-refractivity contribution in [3.63, 3.8) is 0 Å². The standard InChI is InChI=1S/C21H27N5O3/c1-25-10-5-8-16(25)14-28-20-23-18-12-26(11-9-17(18)19(22)24-20)21(27)29-13-15-6-3-2-4-7-15/h2-4,6-7,16H,5,8-14H2,1H3,(H2,22,23,24)/t16-/m1/s1. The van der Waals surface area contributed by atoms with Gasteiger partial charge in [-0.05, 0) is 38.4 Å². The van der Waals surface area contributed by atoms with Crippen LogP contribution in [0, 0.1) is 0 Å². The zero-order chi connectivity index (χ0) is 20.2. The molecular weight excluding hydrogens is 370 g/mol. The molecule has 0 bridgehead atoms. The number of amides is 1. The molecule has 1 amide bonds. The monoisotopic (exact) mass is 397 g/mol. The second kappa shape index (κ2) is 8.65. The van der Waals surface area contributed by atoms with E-state index >= 15 is 0 Å². The molecule has 2 aromatic rings. The van der Waals surface area contributed by atoms with Crippen LogP contribution in [0.25, 0.3) is 0 Å². The predicted octanol–water partition coefficient (Wildman–Crippen LogP) is 2.23. The van der Waals surface area contributed by atoms with Gasteiger partial charge >= 0.3 is 12.1 Å². The van der Waals surface area contributed by atoms with E-state index in [9.17, 15) is 4.79 Å². The average Bonchev–Trinajstić information content (AvgIpc) is 3.15. The quantitative estimate of drug-likeness (QED) is 0.827. The van der Waals surface area contributed by atoms with E-state index in [0.29, 0.717) is 38.0 Å². The highest BCUT2D eigenvalue weighted by molar-refractivity contribution is 5.68. The molecule has 1 aromatic heterocycles. The van der Waals surface area contributed by atoms with Crippen molar-refractivity contribution in [1.82, 2.24) is 19.8 Å². The third-order valence-electron chi connectivity index (χ3n) is 5.62. The van der Waals surface area contributed by atoms with Crippen LogP contribution in [0.15, 0.2) is 30.3 Å². The summed E-state index contributed by atoms with van der Waals surface area (Å²) in [6, 6.07) is 10.3. The Morgan fingerprint density at radius 2 is 2.07 bits per heavy atom. The molecule has 8 heteroatoms. The molecular formula is C21H27N5O3. The lowest BCUT2D eigenvalue weighted by Gasteiger charge is -2.28. The van der Waals surface area contributed by atoms with Crippen molar-refractivity contribution >= 4 is 11.9 Å². The molecule has 0 aliphatic carbocycles. The second-order valence-electron chi connectivity index (χ2n) is 7.62. The normalized spacial score (nSPS) is 19.1. The molecule has 2 aliphatic rings. The van der Waals surface area contributed by atoms with Crippen molar-refractivity contribution in [2.45, 2.75) is 38.5 Å². The number of likely N-dealkylation sites (tertiary alicyclic amines) is 1. The molecule has 4 rings (SSSR count). The number of rotatable bonds is 5. The minimum absolute atomic E-state index is 0.248. The molecule has 0 spiro atoms. The van der Waals surface area contributed by atoms with E-state index in [-0.39, 0.29) is 18.7 Å². The highest BCUT2D eigenvalue weighted by Gasteiger charge is 2.27. The molecule has 0 radical (unpaired) electrons. The zero-order valence-electron chi connectivity index (χ0n) is 16.7. The Labute approximate surface area is 170 Å². The number of carbonyl (C=O) groups excluding carboxylic acids is 1. The molecule has 0 saturated carbocycles. The Bertz CT molecular complexity index is 861. The molecule has 1 atom stereocenters. The summed E-state index contributed by atoms with van der Waals surface area (Å²) >= 11 is 0. The molecule has 0 unspecified atom stereocenters. The maximum atomic E-state index is 12.5. The van der Waals surface area contributed by atoms with Gasteiger partial charge in [0.1, 0.15) is 19.0 Å². The fraction of sp³-hybridized carbons (Fsp3) is 0.476. The lowest BCUT2D eigenvalue weighted by molar-refractivity contribution is 0.0910. The van der Waals surface area contributed by atoms with E-state index < -0.39 is 0 Å². The summed E-state index contributed by atoms with van der Waals surface area (Å²) in [6.07, 6.45) is 2.54. The maximum absolute atomic E-state index is 12.5. The third kappa shape index (κ3) is 4.59. The van der Waals surface area contributed by atoms with E-state index in [1.165, 1.54) is 6.42 Å². The summed E-state index contributed by atoms with van der Waals surface area (Å²) in [7, 11) is 2.10. The minimum atomic E-state index is -0.355. The molecule has 8 nitrogen and oxygen atoms in total. The van der Waals surface area contributed by atoms with Gasteiger partial charge in [0, 0.05) is 18.2 Å². The van der Waals surface area contributed by atoms with Crippen molar-refractivity contribution in [2.75, 3.05) is 32.5 Å². The van der Waals surface area contributed by atoms with Crippen LogP contribution in [0.3, 0.4) is 0 Å². The van der Waals surface area contributed by atoms with Gasteiger partial charge in [-0.2, -0.15) is 9.97 Å². The van der Waals surface area contributed by atoms with Crippen LogP contribution in [-0.2, 0) is 24.3 Å². The van der Waals surface area contributed by atoms with Crippen molar-refractivity contribution < 1.29 is 14.3 Å². The average molecular weight is 397 g/mol. The third-order valence-corrected chi connectivity index (χ3v) is 5.62. The fourth-order valence-corrected chi connectivity index (χ4v) is 3.83. The Hall–Kier alpha value is -2.87. The zero-order valence-corrected chi connectivity index (χ0v) is 16.7. The van der Waals surface area contributed by atoms with Gasteiger partial charge in [0.05, 0.1) is 12.2 Å². The van der Waals surface area contributed by atoms with Gasteiger partial charge in [-0.15, -0.1) is 0 Å². The minimum Gasteiger partial charge on any atom is -0.462 e. The van der Waals surface area contributed by atoms with Crippen LogP contribution in [0.4, 0.5) is 10.6 Å². The van der Waals surface area contributed by atoms with E-state index in [0.717, 1.165) is 29.8 Å². The van der Waals surface area contributed by atoms with Crippen LogP contribution >= 0.6 is 0 Å². The van der Waals surface area contributed by atoms with Gasteiger partial charge in [0.15, 0.2) is 0 Å². The first-order valence-corrected chi connectivity index (χ1v) is 10.0. The largest absolute Gasteiger partial charge is 0.462 e. The Morgan fingerprint density at radius 1 is 1.24 bits per heavy atom. The number of hydrogen-bond donors (Lipinski definition) is 1. The summed E-state index contributed by atoms with van der Waals surface area (Å²) in [4.78, 5) is 25.2. The number of nitrogens with two attached hydrogens (primary N) is 1. The predicted molar refractivity (Wildman–Crippen MR) is 108 cm³/mol. The number of benzene rings is 1. The van der Waals surface area contributed by atoms with Gasteiger partial charge in [0.2, 0.25) is 0 Å². The number of nitrogen functional groups attached to an aromatic ring is 1. The van der Waals surface area contributed by atoms with Crippen LogP contribution in [-0.4, -0.2) is 58.6 Å². The summed E-state index contributed by atoms with van der Waals surface area (Å²) in [5.74, 6) is 0.432. The number of nitrogens with zero attached hydrogens (tertiary/aromatic N) is 4.